The van der Waals surface area contributed by atoms with E-state index in [1.54, 1.807) is 7.11 Å². The van der Waals surface area contributed by atoms with Crippen LogP contribution in [0.1, 0.15) is 47.0 Å². The van der Waals surface area contributed by atoms with Crippen molar-refractivity contribution in [3.8, 4) is 0 Å². The molecule has 1 unspecified atom stereocenters. The molecule has 0 saturated carbocycles. The van der Waals surface area contributed by atoms with Crippen LogP contribution >= 0.6 is 0 Å². The van der Waals surface area contributed by atoms with E-state index in [0.29, 0.717) is 23.4 Å². The maximum atomic E-state index is 12.6. The van der Waals surface area contributed by atoms with Crippen molar-refractivity contribution in [1.29, 1.82) is 0 Å². The number of urea groups is 1. The summed E-state index contributed by atoms with van der Waals surface area (Å²) in [5, 5.41) is 0. The number of rotatable bonds is 3. The van der Waals surface area contributed by atoms with Gasteiger partial charge < -0.3 is 14.5 Å². The molecule has 3 fully saturated rings. The van der Waals surface area contributed by atoms with Crippen LogP contribution in [0.4, 0.5) is 4.79 Å². The van der Waals surface area contributed by atoms with Crippen molar-refractivity contribution in [2.24, 2.45) is 11.3 Å². The van der Waals surface area contributed by atoms with Gasteiger partial charge in [0.2, 0.25) is 0 Å². The zero-order valence-electron chi connectivity index (χ0n) is 16.1. The Morgan fingerprint density at radius 1 is 1.08 bits per heavy atom. The van der Waals surface area contributed by atoms with Crippen molar-refractivity contribution in [2.45, 2.75) is 65.1 Å². The van der Waals surface area contributed by atoms with Crippen LogP contribution in [0.2, 0.25) is 0 Å². The zero-order chi connectivity index (χ0) is 17.5. The number of carbonyl (C=O) groups is 1. The molecule has 0 radical (unpaired) electrons. The van der Waals surface area contributed by atoms with Crippen LogP contribution in [0.5, 0.6) is 0 Å². The van der Waals surface area contributed by atoms with Gasteiger partial charge in [0.15, 0.2) is 0 Å². The summed E-state index contributed by atoms with van der Waals surface area (Å²) in [6.07, 6.45) is 4.10. The first-order valence-electron chi connectivity index (χ1n) is 9.67. The Hall–Kier alpha value is -0.810. The van der Waals surface area contributed by atoms with Crippen molar-refractivity contribution in [1.82, 2.24) is 14.7 Å². The third-order valence-electron chi connectivity index (χ3n) is 6.36. The molecule has 24 heavy (non-hydrogen) atoms. The van der Waals surface area contributed by atoms with Crippen molar-refractivity contribution in [2.75, 3.05) is 39.8 Å². The second-order valence-corrected chi connectivity index (χ2v) is 8.87. The van der Waals surface area contributed by atoms with Crippen LogP contribution in [0.3, 0.4) is 0 Å². The number of amides is 2. The van der Waals surface area contributed by atoms with E-state index in [1.165, 1.54) is 19.3 Å². The van der Waals surface area contributed by atoms with E-state index in [1.807, 2.05) is 4.90 Å². The van der Waals surface area contributed by atoms with Gasteiger partial charge in [-0.15, -0.1) is 0 Å². The average molecular weight is 338 g/mol. The summed E-state index contributed by atoms with van der Waals surface area (Å²) in [6, 6.07) is 1.48. The predicted octanol–water partition coefficient (Wildman–Crippen LogP) is 2.66. The normalized spacial score (nSPS) is 28.2. The minimum Gasteiger partial charge on any atom is -0.378 e. The fourth-order valence-corrected chi connectivity index (χ4v) is 4.82. The third kappa shape index (κ3) is 3.30. The first-order chi connectivity index (χ1) is 11.3. The second kappa shape index (κ2) is 6.83. The van der Waals surface area contributed by atoms with Crippen molar-refractivity contribution >= 4 is 6.03 Å². The Bertz CT molecular complexity index is 454. The lowest BCUT2D eigenvalue weighted by Gasteiger charge is -2.54. The molecule has 0 aromatic carbocycles. The van der Waals surface area contributed by atoms with Gasteiger partial charge in [-0.3, -0.25) is 4.90 Å². The Kier molecular flexibility index (Phi) is 5.12. The smallest absolute Gasteiger partial charge is 0.320 e. The van der Waals surface area contributed by atoms with Gasteiger partial charge in [-0.2, -0.15) is 0 Å². The molecule has 3 rings (SSSR count). The number of hydrogen-bond donors (Lipinski definition) is 0. The molecule has 1 spiro atoms. The molecule has 5 heteroatoms. The maximum Gasteiger partial charge on any atom is 0.320 e. The van der Waals surface area contributed by atoms with Crippen LogP contribution in [0.15, 0.2) is 0 Å². The summed E-state index contributed by atoms with van der Waals surface area (Å²) in [5.41, 5.74) is 0.328. The summed E-state index contributed by atoms with van der Waals surface area (Å²) < 4.78 is 5.28. The molecule has 3 aliphatic rings. The van der Waals surface area contributed by atoms with Gasteiger partial charge in [-0.05, 0) is 32.6 Å². The summed E-state index contributed by atoms with van der Waals surface area (Å²) in [5.74, 6) is 0.701. The van der Waals surface area contributed by atoms with E-state index in [-0.39, 0.29) is 12.1 Å². The molecule has 5 nitrogen and oxygen atoms in total. The van der Waals surface area contributed by atoms with Gasteiger partial charge in [-0.1, -0.05) is 20.3 Å². The van der Waals surface area contributed by atoms with Gasteiger partial charge in [0.1, 0.15) is 0 Å². The molecular weight excluding hydrogens is 302 g/mol. The standard InChI is InChI=1S/C19H35N3O2/c1-14(2)17-7-6-8-19(13-22(17)15(3)4)11-21(12-19)18(23)20-9-16(10-20)24-5/h14-17H,6-13H2,1-5H3. The molecule has 3 saturated heterocycles. The SMILES string of the molecule is COC1CN(C(=O)N2CC3(CCCC(C(C)C)N(C(C)C)C3)C2)C1. The highest BCUT2D eigenvalue weighted by molar-refractivity contribution is 5.76. The molecule has 3 heterocycles. The molecule has 0 aromatic rings. The molecule has 0 bridgehead atoms. The van der Waals surface area contributed by atoms with E-state index >= 15 is 0 Å². The number of methoxy groups -OCH3 is 1. The van der Waals surface area contributed by atoms with Gasteiger partial charge >= 0.3 is 6.03 Å². The highest BCUT2D eigenvalue weighted by Gasteiger charge is 2.50. The Labute approximate surface area is 147 Å². The third-order valence-corrected chi connectivity index (χ3v) is 6.36. The van der Waals surface area contributed by atoms with E-state index in [2.05, 4.69) is 37.5 Å². The highest BCUT2D eigenvalue weighted by Crippen LogP contribution is 2.42. The molecule has 1 atom stereocenters. The highest BCUT2D eigenvalue weighted by atomic mass is 16.5. The lowest BCUT2D eigenvalue weighted by atomic mass is 9.76. The summed E-state index contributed by atoms with van der Waals surface area (Å²) in [7, 11) is 1.72. The van der Waals surface area contributed by atoms with Gasteiger partial charge in [0.25, 0.3) is 0 Å². The summed E-state index contributed by atoms with van der Waals surface area (Å²) in [6.45, 7) is 13.9. The number of hydrogen-bond acceptors (Lipinski definition) is 3. The first-order valence-corrected chi connectivity index (χ1v) is 9.67. The largest absolute Gasteiger partial charge is 0.378 e. The quantitative estimate of drug-likeness (QED) is 0.794. The molecule has 138 valence electrons. The van der Waals surface area contributed by atoms with Crippen molar-refractivity contribution in [3.63, 3.8) is 0 Å². The molecule has 0 aliphatic carbocycles. The Balaban J connectivity index is 1.58. The van der Waals surface area contributed by atoms with Crippen LogP contribution in [-0.4, -0.2) is 78.8 Å². The van der Waals surface area contributed by atoms with Crippen LogP contribution in [0.25, 0.3) is 0 Å². The minimum absolute atomic E-state index is 0.217. The number of nitrogens with zero attached hydrogens (tertiary/aromatic N) is 3. The van der Waals surface area contributed by atoms with Crippen LogP contribution in [-0.2, 0) is 4.74 Å². The average Bonchev–Trinajstić information content (AvgIpc) is 2.64. The van der Waals surface area contributed by atoms with Crippen LogP contribution in [0, 0.1) is 11.3 Å². The molecular formula is C19H35N3O2. The summed E-state index contributed by atoms with van der Waals surface area (Å²) >= 11 is 0. The molecule has 0 N–H and O–H groups in total. The minimum atomic E-state index is 0.217. The fourth-order valence-electron chi connectivity index (χ4n) is 4.82. The first kappa shape index (κ1) is 18.0. The van der Waals surface area contributed by atoms with E-state index in [0.717, 1.165) is 32.7 Å². The fraction of sp³-hybridized carbons (Fsp3) is 0.947. The Morgan fingerprint density at radius 3 is 2.29 bits per heavy atom. The number of likely N-dealkylation sites (tertiary alicyclic amines) is 3. The lowest BCUT2D eigenvalue weighted by molar-refractivity contribution is -0.0519. The predicted molar refractivity (Wildman–Crippen MR) is 96.1 cm³/mol. The zero-order valence-corrected chi connectivity index (χ0v) is 16.1. The molecule has 3 aliphatic heterocycles. The van der Waals surface area contributed by atoms with Gasteiger partial charge in [-0.25, -0.2) is 4.79 Å². The van der Waals surface area contributed by atoms with Crippen LogP contribution < -0.4 is 0 Å². The molecule has 0 aromatic heterocycles. The molecule has 2 amide bonds. The van der Waals surface area contributed by atoms with Crippen molar-refractivity contribution < 1.29 is 9.53 Å². The maximum absolute atomic E-state index is 12.6. The summed E-state index contributed by atoms with van der Waals surface area (Å²) in [4.78, 5) is 19.2. The Morgan fingerprint density at radius 2 is 1.75 bits per heavy atom. The topological polar surface area (TPSA) is 36.0 Å². The lowest BCUT2D eigenvalue weighted by Crippen LogP contribution is -2.68. The van der Waals surface area contributed by atoms with E-state index < -0.39 is 0 Å². The second-order valence-electron chi connectivity index (χ2n) is 8.87. The number of carbonyl (C=O) groups excluding carboxylic acids is 1. The van der Waals surface area contributed by atoms with E-state index in [9.17, 15) is 4.79 Å². The van der Waals surface area contributed by atoms with Gasteiger partial charge in [0, 0.05) is 44.2 Å². The van der Waals surface area contributed by atoms with Gasteiger partial charge in [0.05, 0.1) is 19.2 Å². The monoisotopic (exact) mass is 337 g/mol. The number of ether oxygens (including phenoxy) is 1. The van der Waals surface area contributed by atoms with E-state index in [4.69, 9.17) is 4.74 Å². The van der Waals surface area contributed by atoms with Crippen molar-refractivity contribution in [3.05, 3.63) is 0 Å².